The summed E-state index contributed by atoms with van der Waals surface area (Å²) in [5.41, 5.74) is 1.06. The van der Waals surface area contributed by atoms with Crippen LogP contribution in [0.1, 0.15) is 12.5 Å². The van der Waals surface area contributed by atoms with E-state index >= 15 is 0 Å². The van der Waals surface area contributed by atoms with Gasteiger partial charge in [0.1, 0.15) is 0 Å². The Morgan fingerprint density at radius 2 is 1.95 bits per heavy atom. The first kappa shape index (κ1) is 17.4. The van der Waals surface area contributed by atoms with Crippen LogP contribution in [0.5, 0.6) is 0 Å². The molecular weight excluding hydrogens is 323 g/mol. The van der Waals surface area contributed by atoms with E-state index in [1.54, 1.807) is 26.1 Å². The Labute approximate surface area is 136 Å². The maximum absolute atomic E-state index is 12.5. The highest BCUT2D eigenvalue weighted by atomic mass is 35.5. The van der Waals surface area contributed by atoms with Gasteiger partial charge in [0.2, 0.25) is 5.91 Å². The first-order valence-electron chi connectivity index (χ1n) is 7.10. The Bertz CT molecular complexity index is 534. The van der Waals surface area contributed by atoms with Gasteiger partial charge in [-0.1, -0.05) is 23.7 Å². The number of hydrogen-bond donors (Lipinski definition) is 2. The van der Waals surface area contributed by atoms with E-state index < -0.39 is 14.0 Å². The van der Waals surface area contributed by atoms with Gasteiger partial charge in [-0.3, -0.25) is 9.59 Å². The minimum absolute atomic E-state index is 0.0906. The first-order valence-corrected chi connectivity index (χ1v) is 9.19. The number of amides is 1. The SMILES string of the molecule is CN[C@H](C)C(=O)N[C@H](Cc1ccc(Cl)cc1)C(=O)P1COC1. The number of benzene rings is 1. The fourth-order valence-corrected chi connectivity index (χ4v) is 3.36. The van der Waals surface area contributed by atoms with Gasteiger partial charge in [-0.15, -0.1) is 0 Å². The lowest BCUT2D eigenvalue weighted by Gasteiger charge is -2.29. The number of likely N-dealkylation sites (N-methyl/N-ethyl adjacent to an activating group) is 1. The molecule has 1 heterocycles. The molecule has 0 spiro atoms. The average Bonchev–Trinajstić information content (AvgIpc) is 2.45. The van der Waals surface area contributed by atoms with Gasteiger partial charge in [0, 0.05) is 19.4 Å². The lowest BCUT2D eigenvalue weighted by atomic mass is 10.1. The largest absolute Gasteiger partial charge is 0.371 e. The maximum Gasteiger partial charge on any atom is 0.237 e. The van der Waals surface area contributed by atoms with E-state index in [1.165, 1.54) is 0 Å². The molecule has 0 saturated carbocycles. The van der Waals surface area contributed by atoms with Crippen LogP contribution < -0.4 is 10.6 Å². The summed E-state index contributed by atoms with van der Waals surface area (Å²) in [7, 11) is 0.935. The fourth-order valence-electron chi connectivity index (χ4n) is 2.01. The molecule has 1 aromatic carbocycles. The normalized spacial score (nSPS) is 17.4. The van der Waals surface area contributed by atoms with Gasteiger partial charge < -0.3 is 15.4 Å². The summed E-state index contributed by atoms with van der Waals surface area (Å²) in [6.07, 6.45) is 1.47. The first-order chi connectivity index (χ1) is 10.5. The third-order valence-corrected chi connectivity index (χ3v) is 5.78. The molecule has 2 atom stereocenters. The molecular formula is C15H20ClN2O3P. The summed E-state index contributed by atoms with van der Waals surface area (Å²) in [4.78, 5) is 24.6. The van der Waals surface area contributed by atoms with Crippen molar-refractivity contribution in [3.8, 4) is 0 Å². The van der Waals surface area contributed by atoms with E-state index in [4.69, 9.17) is 16.3 Å². The fraction of sp³-hybridized carbons (Fsp3) is 0.467. The zero-order valence-corrected chi connectivity index (χ0v) is 14.3. The van der Waals surface area contributed by atoms with Crippen molar-refractivity contribution in [2.24, 2.45) is 0 Å². The molecule has 0 radical (unpaired) electrons. The van der Waals surface area contributed by atoms with Gasteiger partial charge in [0.25, 0.3) is 0 Å². The summed E-state index contributed by atoms with van der Waals surface area (Å²) >= 11 is 5.88. The van der Waals surface area contributed by atoms with Gasteiger partial charge in [-0.2, -0.15) is 0 Å². The molecule has 1 aliphatic rings. The van der Waals surface area contributed by atoms with E-state index in [0.29, 0.717) is 24.1 Å². The summed E-state index contributed by atoms with van der Waals surface area (Å²) in [6, 6.07) is 6.47. The number of nitrogens with one attached hydrogen (secondary N) is 2. The standard InChI is InChI=1S/C15H20ClN2O3P/c1-10(17-2)14(19)18-13(15(20)22-8-21-9-22)7-11-3-5-12(16)6-4-11/h3-6,10,13,17H,7-9H2,1-2H3,(H,18,19)/t10-,13-/m1/s1. The van der Waals surface area contributed by atoms with Gasteiger partial charge in [0.15, 0.2) is 5.52 Å². The molecule has 120 valence electrons. The van der Waals surface area contributed by atoms with Crippen molar-refractivity contribution in [2.45, 2.75) is 25.4 Å². The van der Waals surface area contributed by atoms with Gasteiger partial charge in [0.05, 0.1) is 24.8 Å². The second-order valence-electron chi connectivity index (χ2n) is 5.24. The molecule has 1 aromatic rings. The second kappa shape index (κ2) is 8.02. The maximum atomic E-state index is 12.5. The van der Waals surface area contributed by atoms with Crippen LogP contribution in [0.4, 0.5) is 0 Å². The Balaban J connectivity index is 2.08. The van der Waals surface area contributed by atoms with Crippen LogP contribution in [-0.2, 0) is 20.7 Å². The van der Waals surface area contributed by atoms with Crippen LogP contribution in [-0.4, -0.2) is 43.3 Å². The van der Waals surface area contributed by atoms with Crippen LogP contribution in [0.15, 0.2) is 24.3 Å². The Morgan fingerprint density at radius 3 is 2.45 bits per heavy atom. The van der Waals surface area contributed by atoms with E-state index in [9.17, 15) is 9.59 Å². The van der Waals surface area contributed by atoms with E-state index in [-0.39, 0.29) is 17.5 Å². The summed E-state index contributed by atoms with van der Waals surface area (Å²) in [5, 5.41) is 6.38. The zero-order valence-electron chi connectivity index (χ0n) is 12.6. The molecule has 1 fully saturated rings. The van der Waals surface area contributed by atoms with Crippen LogP contribution >= 0.6 is 19.5 Å². The number of halogens is 1. The van der Waals surface area contributed by atoms with Crippen LogP contribution in [0.2, 0.25) is 5.02 Å². The minimum Gasteiger partial charge on any atom is -0.371 e. The van der Waals surface area contributed by atoms with Crippen LogP contribution in [0, 0.1) is 0 Å². The summed E-state index contributed by atoms with van der Waals surface area (Å²) in [5.74, 6) is -0.175. The molecule has 2 rings (SSSR count). The predicted molar refractivity (Wildman–Crippen MR) is 88.4 cm³/mol. The predicted octanol–water partition coefficient (Wildman–Crippen LogP) is 1.93. The van der Waals surface area contributed by atoms with Crippen molar-refractivity contribution < 1.29 is 14.3 Å². The number of ether oxygens (including phenoxy) is 1. The summed E-state index contributed by atoms with van der Waals surface area (Å²) < 4.78 is 5.11. The van der Waals surface area contributed by atoms with E-state index in [1.807, 2.05) is 12.1 Å². The molecule has 1 amide bonds. The second-order valence-corrected chi connectivity index (χ2v) is 7.72. The van der Waals surface area contributed by atoms with Crippen molar-refractivity contribution in [2.75, 3.05) is 19.7 Å². The van der Waals surface area contributed by atoms with Crippen molar-refractivity contribution in [1.29, 1.82) is 0 Å². The molecule has 1 saturated heterocycles. The van der Waals surface area contributed by atoms with Gasteiger partial charge >= 0.3 is 0 Å². The number of carbonyl (C=O) groups excluding carboxylic acids is 2. The number of hydrogen-bond acceptors (Lipinski definition) is 4. The molecule has 22 heavy (non-hydrogen) atoms. The van der Waals surface area contributed by atoms with Gasteiger partial charge in [-0.05, 0) is 31.7 Å². The lowest BCUT2D eigenvalue weighted by Crippen LogP contribution is -2.49. The third-order valence-electron chi connectivity index (χ3n) is 3.60. The molecule has 2 N–H and O–H groups in total. The molecule has 1 aliphatic heterocycles. The molecule has 7 heteroatoms. The molecule has 0 aromatic heterocycles. The van der Waals surface area contributed by atoms with Crippen molar-refractivity contribution in [3.05, 3.63) is 34.9 Å². The molecule has 0 bridgehead atoms. The Kier molecular flexibility index (Phi) is 6.33. The highest BCUT2D eigenvalue weighted by Crippen LogP contribution is 2.45. The third kappa shape index (κ3) is 4.50. The monoisotopic (exact) mass is 342 g/mol. The topological polar surface area (TPSA) is 67.4 Å². The molecule has 0 aliphatic carbocycles. The number of carbonyl (C=O) groups is 2. The highest BCUT2D eigenvalue weighted by Gasteiger charge is 2.33. The number of rotatable bonds is 7. The average molecular weight is 343 g/mol. The van der Waals surface area contributed by atoms with Crippen LogP contribution in [0.3, 0.4) is 0 Å². The van der Waals surface area contributed by atoms with Crippen molar-refractivity contribution in [1.82, 2.24) is 10.6 Å². The van der Waals surface area contributed by atoms with E-state index in [0.717, 1.165) is 5.56 Å². The minimum atomic E-state index is -0.777. The molecule has 5 nitrogen and oxygen atoms in total. The lowest BCUT2D eigenvalue weighted by molar-refractivity contribution is -0.126. The van der Waals surface area contributed by atoms with E-state index in [2.05, 4.69) is 10.6 Å². The van der Waals surface area contributed by atoms with Crippen LogP contribution in [0.25, 0.3) is 0 Å². The van der Waals surface area contributed by atoms with Crippen molar-refractivity contribution >= 4 is 31.0 Å². The van der Waals surface area contributed by atoms with Crippen molar-refractivity contribution in [3.63, 3.8) is 0 Å². The zero-order chi connectivity index (χ0) is 16.1. The Hall–Kier alpha value is -1.00. The Morgan fingerprint density at radius 1 is 1.32 bits per heavy atom. The highest BCUT2D eigenvalue weighted by molar-refractivity contribution is 7.75. The summed E-state index contributed by atoms with van der Waals surface area (Å²) in [6.45, 7) is 1.76. The molecule has 0 unspecified atom stereocenters. The quantitative estimate of drug-likeness (QED) is 0.743. The smallest absolute Gasteiger partial charge is 0.237 e. The van der Waals surface area contributed by atoms with Gasteiger partial charge in [-0.25, -0.2) is 0 Å².